The van der Waals surface area contributed by atoms with E-state index in [9.17, 15) is 9.18 Å². The summed E-state index contributed by atoms with van der Waals surface area (Å²) >= 11 is 0. The molecule has 108 valence electrons. The number of hydrogen-bond donors (Lipinski definition) is 1. The van der Waals surface area contributed by atoms with Crippen molar-refractivity contribution in [1.29, 1.82) is 0 Å². The lowest BCUT2D eigenvalue weighted by atomic mass is 9.93. The molecule has 2 atom stereocenters. The molecule has 1 aromatic rings. The summed E-state index contributed by atoms with van der Waals surface area (Å²) in [6.07, 6.45) is 5.71. The number of hydrogen-bond acceptors (Lipinski definition) is 2. The molecule has 4 heteroatoms. The average Bonchev–Trinajstić information content (AvgIpc) is 2.77. The van der Waals surface area contributed by atoms with Crippen LogP contribution in [0.5, 0.6) is 0 Å². The minimum Gasteiger partial charge on any atom is -0.319 e. The van der Waals surface area contributed by atoms with Gasteiger partial charge in [0.25, 0.3) is 0 Å². The van der Waals surface area contributed by atoms with Gasteiger partial charge in [-0.1, -0.05) is 31.4 Å². The Hall–Kier alpha value is -1.42. The van der Waals surface area contributed by atoms with E-state index < -0.39 is 0 Å². The van der Waals surface area contributed by atoms with E-state index in [0.717, 1.165) is 18.4 Å². The van der Waals surface area contributed by atoms with Crippen LogP contribution in [0, 0.1) is 5.82 Å². The molecule has 1 saturated carbocycles. The molecule has 0 aromatic heterocycles. The summed E-state index contributed by atoms with van der Waals surface area (Å²) in [5.74, 6) is -0.0680. The summed E-state index contributed by atoms with van der Waals surface area (Å²) in [7, 11) is 0. The molecule has 2 fully saturated rings. The monoisotopic (exact) mass is 276 g/mol. The first-order chi connectivity index (χ1) is 9.66. The fourth-order valence-electron chi connectivity index (χ4n) is 3.39. The molecule has 1 heterocycles. The van der Waals surface area contributed by atoms with Gasteiger partial charge in [-0.2, -0.15) is 0 Å². The summed E-state index contributed by atoms with van der Waals surface area (Å²) in [6, 6.07) is 6.63. The van der Waals surface area contributed by atoms with Crippen molar-refractivity contribution in [3.05, 3.63) is 35.6 Å². The van der Waals surface area contributed by atoms with Gasteiger partial charge in [-0.05, 0) is 37.5 Å². The van der Waals surface area contributed by atoms with Crippen LogP contribution >= 0.6 is 0 Å². The van der Waals surface area contributed by atoms with Gasteiger partial charge in [-0.3, -0.25) is 10.1 Å². The SMILES string of the molecule is CC1NC(c2ccc(F)cc2)N(C2CCCCC2)C1=O. The predicted molar refractivity (Wildman–Crippen MR) is 75.5 cm³/mol. The van der Waals surface area contributed by atoms with Crippen LogP contribution in [0.2, 0.25) is 0 Å². The number of carbonyl (C=O) groups is 1. The molecule has 1 saturated heterocycles. The third kappa shape index (κ3) is 2.44. The van der Waals surface area contributed by atoms with Crippen molar-refractivity contribution in [3.8, 4) is 0 Å². The van der Waals surface area contributed by atoms with E-state index >= 15 is 0 Å². The Labute approximate surface area is 119 Å². The third-order valence-corrected chi connectivity index (χ3v) is 4.46. The largest absolute Gasteiger partial charge is 0.319 e. The molecule has 3 rings (SSSR count). The van der Waals surface area contributed by atoms with Crippen LogP contribution in [0.3, 0.4) is 0 Å². The number of carbonyl (C=O) groups excluding carboxylic acids is 1. The molecule has 20 heavy (non-hydrogen) atoms. The number of halogens is 1. The second kappa shape index (κ2) is 5.52. The molecular formula is C16H21FN2O. The highest BCUT2D eigenvalue weighted by molar-refractivity contribution is 5.84. The molecule has 1 aliphatic heterocycles. The zero-order chi connectivity index (χ0) is 14.1. The number of nitrogens with zero attached hydrogens (tertiary/aromatic N) is 1. The second-order valence-electron chi connectivity index (χ2n) is 5.88. The molecule has 2 unspecified atom stereocenters. The highest BCUT2D eigenvalue weighted by Gasteiger charge is 2.41. The average molecular weight is 276 g/mol. The van der Waals surface area contributed by atoms with Crippen molar-refractivity contribution in [2.45, 2.75) is 57.3 Å². The highest BCUT2D eigenvalue weighted by atomic mass is 19.1. The highest BCUT2D eigenvalue weighted by Crippen LogP contribution is 2.33. The Morgan fingerprint density at radius 1 is 1.15 bits per heavy atom. The lowest BCUT2D eigenvalue weighted by Gasteiger charge is -2.35. The lowest BCUT2D eigenvalue weighted by molar-refractivity contribution is -0.132. The third-order valence-electron chi connectivity index (χ3n) is 4.46. The maximum absolute atomic E-state index is 13.1. The van der Waals surface area contributed by atoms with Gasteiger partial charge in [-0.15, -0.1) is 0 Å². The molecule has 0 radical (unpaired) electrons. The molecule has 3 nitrogen and oxygen atoms in total. The number of benzene rings is 1. The van der Waals surface area contributed by atoms with Gasteiger partial charge in [0.15, 0.2) is 0 Å². The zero-order valence-electron chi connectivity index (χ0n) is 11.8. The number of rotatable bonds is 2. The molecule has 2 aliphatic rings. The first-order valence-corrected chi connectivity index (χ1v) is 7.50. The quantitative estimate of drug-likeness (QED) is 0.900. The Morgan fingerprint density at radius 2 is 1.80 bits per heavy atom. The van der Waals surface area contributed by atoms with E-state index in [1.807, 2.05) is 11.8 Å². The minimum absolute atomic E-state index is 0.110. The van der Waals surface area contributed by atoms with E-state index in [1.165, 1.54) is 31.4 Å². The van der Waals surface area contributed by atoms with E-state index in [0.29, 0.717) is 6.04 Å². The first kappa shape index (κ1) is 13.6. The van der Waals surface area contributed by atoms with E-state index in [4.69, 9.17) is 0 Å². The Kier molecular flexibility index (Phi) is 3.74. The number of amides is 1. The molecule has 1 amide bonds. The molecule has 1 aromatic carbocycles. The van der Waals surface area contributed by atoms with Gasteiger partial charge < -0.3 is 4.90 Å². The molecule has 1 aliphatic carbocycles. The van der Waals surface area contributed by atoms with Crippen molar-refractivity contribution >= 4 is 5.91 Å². The number of nitrogens with one attached hydrogen (secondary N) is 1. The Morgan fingerprint density at radius 3 is 2.45 bits per heavy atom. The fourth-order valence-corrected chi connectivity index (χ4v) is 3.39. The topological polar surface area (TPSA) is 32.3 Å². The normalized spacial score (nSPS) is 28.1. The van der Waals surface area contributed by atoms with Crippen molar-refractivity contribution in [2.24, 2.45) is 0 Å². The van der Waals surface area contributed by atoms with Crippen LogP contribution in [0.15, 0.2) is 24.3 Å². The first-order valence-electron chi connectivity index (χ1n) is 7.50. The van der Waals surface area contributed by atoms with Gasteiger partial charge >= 0.3 is 0 Å². The molecule has 0 bridgehead atoms. The van der Waals surface area contributed by atoms with Crippen molar-refractivity contribution in [2.75, 3.05) is 0 Å². The maximum atomic E-state index is 13.1. The van der Waals surface area contributed by atoms with Crippen LogP contribution < -0.4 is 5.32 Å². The maximum Gasteiger partial charge on any atom is 0.241 e. The molecule has 1 N–H and O–H groups in total. The second-order valence-corrected chi connectivity index (χ2v) is 5.88. The Bertz CT molecular complexity index is 482. The predicted octanol–water partition coefficient (Wildman–Crippen LogP) is 2.98. The summed E-state index contributed by atoms with van der Waals surface area (Å²) in [5, 5.41) is 3.34. The lowest BCUT2D eigenvalue weighted by Crippen LogP contribution is -2.41. The van der Waals surface area contributed by atoms with E-state index in [-0.39, 0.29) is 23.9 Å². The molecular weight excluding hydrogens is 255 g/mol. The van der Waals surface area contributed by atoms with Gasteiger partial charge in [0.1, 0.15) is 12.0 Å². The zero-order valence-corrected chi connectivity index (χ0v) is 11.8. The van der Waals surface area contributed by atoms with Crippen molar-refractivity contribution < 1.29 is 9.18 Å². The molecule has 0 spiro atoms. The smallest absolute Gasteiger partial charge is 0.241 e. The summed E-state index contributed by atoms with van der Waals surface area (Å²) < 4.78 is 13.1. The summed E-state index contributed by atoms with van der Waals surface area (Å²) in [6.45, 7) is 1.90. The summed E-state index contributed by atoms with van der Waals surface area (Å²) in [4.78, 5) is 14.4. The van der Waals surface area contributed by atoms with Crippen LogP contribution in [0.1, 0.15) is 50.8 Å². The van der Waals surface area contributed by atoms with Gasteiger partial charge in [0.05, 0.1) is 6.04 Å². The van der Waals surface area contributed by atoms with E-state index in [1.54, 1.807) is 12.1 Å². The van der Waals surface area contributed by atoms with Gasteiger partial charge in [0.2, 0.25) is 5.91 Å². The fraction of sp³-hybridized carbons (Fsp3) is 0.562. The standard InChI is InChI=1S/C16H21FN2O/c1-11-16(20)19(14-5-3-2-4-6-14)15(18-11)12-7-9-13(17)10-8-12/h7-11,14-15,18H,2-6H2,1H3. The van der Waals surface area contributed by atoms with Crippen LogP contribution in [0.4, 0.5) is 4.39 Å². The summed E-state index contributed by atoms with van der Waals surface area (Å²) in [5.41, 5.74) is 0.967. The van der Waals surface area contributed by atoms with Crippen LogP contribution in [-0.4, -0.2) is 22.9 Å². The minimum atomic E-state index is -0.240. The van der Waals surface area contributed by atoms with Crippen LogP contribution in [0.25, 0.3) is 0 Å². The Balaban J connectivity index is 1.87. The van der Waals surface area contributed by atoms with Gasteiger partial charge in [0, 0.05) is 6.04 Å². The van der Waals surface area contributed by atoms with E-state index in [2.05, 4.69) is 5.32 Å². The van der Waals surface area contributed by atoms with Crippen molar-refractivity contribution in [1.82, 2.24) is 10.2 Å². The van der Waals surface area contributed by atoms with Crippen LogP contribution in [-0.2, 0) is 4.79 Å². The van der Waals surface area contributed by atoms with Gasteiger partial charge in [-0.25, -0.2) is 4.39 Å². The van der Waals surface area contributed by atoms with Crippen molar-refractivity contribution in [3.63, 3.8) is 0 Å².